The number of sulfonamides is 1. The van der Waals surface area contributed by atoms with E-state index in [9.17, 15) is 18.0 Å². The molecular formula is C36H41N3O5S. The number of anilines is 1. The highest BCUT2D eigenvalue weighted by atomic mass is 32.2. The molecule has 236 valence electrons. The summed E-state index contributed by atoms with van der Waals surface area (Å²) in [6, 6.07) is 31.1. The van der Waals surface area contributed by atoms with Crippen molar-refractivity contribution in [3.05, 3.63) is 126 Å². The molecule has 4 aromatic rings. The van der Waals surface area contributed by atoms with Crippen molar-refractivity contribution >= 4 is 27.5 Å². The van der Waals surface area contributed by atoms with Crippen LogP contribution in [0.5, 0.6) is 5.75 Å². The Morgan fingerprint density at radius 3 is 2.04 bits per heavy atom. The van der Waals surface area contributed by atoms with E-state index >= 15 is 0 Å². The fourth-order valence-corrected chi connectivity index (χ4v) is 6.52. The topological polar surface area (TPSA) is 96.0 Å². The summed E-state index contributed by atoms with van der Waals surface area (Å²) in [7, 11) is -2.59. The second-order valence-electron chi connectivity index (χ2n) is 11.0. The Hall–Kier alpha value is -4.63. The first-order valence-corrected chi connectivity index (χ1v) is 16.5. The molecule has 0 unspecified atom stereocenters. The third-order valence-electron chi connectivity index (χ3n) is 7.57. The van der Waals surface area contributed by atoms with Gasteiger partial charge in [0.05, 0.1) is 17.7 Å². The van der Waals surface area contributed by atoms with Gasteiger partial charge in [-0.15, -0.1) is 0 Å². The first-order valence-electron chi connectivity index (χ1n) is 15.1. The Labute approximate surface area is 266 Å². The number of rotatable bonds is 14. The molecule has 0 radical (unpaired) electrons. The first kappa shape index (κ1) is 33.3. The van der Waals surface area contributed by atoms with E-state index in [0.717, 1.165) is 21.0 Å². The van der Waals surface area contributed by atoms with E-state index in [1.54, 1.807) is 49.6 Å². The number of nitrogens with one attached hydrogen (secondary N) is 1. The molecule has 0 bridgehead atoms. The Bertz CT molecular complexity index is 1660. The lowest BCUT2D eigenvalue weighted by atomic mass is 10.0. The molecule has 4 rings (SSSR count). The number of amides is 2. The van der Waals surface area contributed by atoms with Crippen molar-refractivity contribution in [2.45, 2.75) is 50.6 Å². The lowest BCUT2D eigenvalue weighted by Crippen LogP contribution is -2.53. The first-order chi connectivity index (χ1) is 21.6. The fourth-order valence-electron chi connectivity index (χ4n) is 5.09. The second-order valence-corrected chi connectivity index (χ2v) is 12.9. The molecule has 4 aromatic carbocycles. The van der Waals surface area contributed by atoms with E-state index in [1.165, 1.54) is 17.0 Å². The van der Waals surface area contributed by atoms with Gasteiger partial charge in [0.15, 0.2) is 0 Å². The Morgan fingerprint density at radius 2 is 1.44 bits per heavy atom. The summed E-state index contributed by atoms with van der Waals surface area (Å²) in [6.45, 7) is 5.87. The van der Waals surface area contributed by atoms with Gasteiger partial charge in [0.25, 0.3) is 10.0 Å². The molecule has 0 spiro atoms. The molecule has 2 amide bonds. The number of likely N-dealkylation sites (N-methyl/N-ethyl adjacent to an activating group) is 1. The van der Waals surface area contributed by atoms with Crippen LogP contribution >= 0.6 is 0 Å². The highest BCUT2D eigenvalue weighted by Gasteiger charge is 2.34. The molecule has 0 saturated heterocycles. The van der Waals surface area contributed by atoms with Gasteiger partial charge in [-0.25, -0.2) is 8.42 Å². The molecule has 9 heteroatoms. The van der Waals surface area contributed by atoms with Crippen molar-refractivity contribution in [2.24, 2.45) is 0 Å². The zero-order valence-electron chi connectivity index (χ0n) is 26.2. The second kappa shape index (κ2) is 15.4. The van der Waals surface area contributed by atoms with Crippen LogP contribution in [0.15, 0.2) is 114 Å². The summed E-state index contributed by atoms with van der Waals surface area (Å²) in [6.07, 6.45) is 0.247. The van der Waals surface area contributed by atoms with Gasteiger partial charge < -0.3 is 15.0 Å². The van der Waals surface area contributed by atoms with Crippen LogP contribution in [0.1, 0.15) is 43.4 Å². The average molecular weight is 628 g/mol. The molecule has 0 aliphatic rings. The van der Waals surface area contributed by atoms with E-state index in [-0.39, 0.29) is 29.7 Å². The van der Waals surface area contributed by atoms with Gasteiger partial charge in [-0.1, -0.05) is 86.6 Å². The van der Waals surface area contributed by atoms with E-state index in [1.807, 2.05) is 61.5 Å². The van der Waals surface area contributed by atoms with Crippen molar-refractivity contribution in [1.82, 2.24) is 10.2 Å². The molecule has 1 N–H and O–H groups in total. The summed E-state index contributed by atoms with van der Waals surface area (Å²) >= 11 is 0. The average Bonchev–Trinajstić information content (AvgIpc) is 3.06. The normalized spacial score (nSPS) is 11.9. The van der Waals surface area contributed by atoms with Crippen LogP contribution in [0.3, 0.4) is 0 Å². The minimum Gasteiger partial charge on any atom is -0.497 e. The van der Waals surface area contributed by atoms with Crippen LogP contribution in [0.25, 0.3) is 0 Å². The Kier molecular flexibility index (Phi) is 11.4. The maximum Gasteiger partial charge on any atom is 0.264 e. The SMILES string of the molecule is CCNC(=O)[C@@H](Cc1ccccc1)N(Cc1cccc(OC)c1)C(=O)CN(c1ccc(C(C)C)cc1)S(=O)(=O)c1ccccc1. The molecule has 0 fully saturated rings. The summed E-state index contributed by atoms with van der Waals surface area (Å²) in [5, 5.41) is 2.88. The zero-order valence-corrected chi connectivity index (χ0v) is 27.0. The van der Waals surface area contributed by atoms with Crippen molar-refractivity contribution in [1.29, 1.82) is 0 Å². The van der Waals surface area contributed by atoms with Crippen molar-refractivity contribution in [3.8, 4) is 5.75 Å². The number of nitrogens with zero attached hydrogens (tertiary/aromatic N) is 2. The number of ether oxygens (including phenoxy) is 1. The van der Waals surface area contributed by atoms with Gasteiger partial charge >= 0.3 is 0 Å². The summed E-state index contributed by atoms with van der Waals surface area (Å²) in [5.41, 5.74) is 3.01. The van der Waals surface area contributed by atoms with Crippen LogP contribution in [-0.2, 0) is 32.6 Å². The van der Waals surface area contributed by atoms with Gasteiger partial charge in [-0.3, -0.25) is 13.9 Å². The number of benzene rings is 4. The molecule has 1 atom stereocenters. The predicted molar refractivity (Wildman–Crippen MR) is 178 cm³/mol. The quantitative estimate of drug-likeness (QED) is 0.191. The Balaban J connectivity index is 1.80. The van der Waals surface area contributed by atoms with E-state index in [4.69, 9.17) is 4.74 Å². The van der Waals surface area contributed by atoms with Crippen LogP contribution in [-0.4, -0.2) is 51.4 Å². The molecule has 45 heavy (non-hydrogen) atoms. The van der Waals surface area contributed by atoms with Crippen molar-refractivity contribution in [2.75, 3.05) is 24.5 Å². The Morgan fingerprint density at radius 1 is 0.822 bits per heavy atom. The molecule has 0 saturated carbocycles. The minimum absolute atomic E-state index is 0.0645. The van der Waals surface area contributed by atoms with Gasteiger partial charge in [0.1, 0.15) is 18.3 Å². The maximum absolute atomic E-state index is 14.5. The van der Waals surface area contributed by atoms with Crippen molar-refractivity contribution in [3.63, 3.8) is 0 Å². The molecule has 0 aliphatic carbocycles. The zero-order chi connectivity index (χ0) is 32.4. The lowest BCUT2D eigenvalue weighted by molar-refractivity contribution is -0.140. The van der Waals surface area contributed by atoms with E-state index in [2.05, 4.69) is 19.2 Å². The number of hydrogen-bond donors (Lipinski definition) is 1. The van der Waals surface area contributed by atoms with E-state index in [0.29, 0.717) is 18.0 Å². The smallest absolute Gasteiger partial charge is 0.264 e. The van der Waals surface area contributed by atoms with Gasteiger partial charge in [0, 0.05) is 19.5 Å². The molecule has 8 nitrogen and oxygen atoms in total. The molecule has 0 aromatic heterocycles. The summed E-state index contributed by atoms with van der Waals surface area (Å²) in [4.78, 5) is 29.6. The summed E-state index contributed by atoms with van der Waals surface area (Å²) < 4.78 is 34.8. The van der Waals surface area contributed by atoms with Gasteiger partial charge in [-0.05, 0) is 65.9 Å². The summed E-state index contributed by atoms with van der Waals surface area (Å²) in [5.74, 6) is 0.0129. The third-order valence-corrected chi connectivity index (χ3v) is 9.36. The fraction of sp³-hybridized carbons (Fsp3) is 0.278. The van der Waals surface area contributed by atoms with Crippen LogP contribution in [0.4, 0.5) is 5.69 Å². The van der Waals surface area contributed by atoms with Crippen LogP contribution in [0.2, 0.25) is 0 Å². The van der Waals surface area contributed by atoms with Crippen molar-refractivity contribution < 1.29 is 22.7 Å². The van der Waals surface area contributed by atoms with Gasteiger partial charge in [-0.2, -0.15) is 0 Å². The largest absolute Gasteiger partial charge is 0.497 e. The third kappa shape index (κ3) is 8.51. The number of methoxy groups -OCH3 is 1. The predicted octanol–water partition coefficient (Wildman–Crippen LogP) is 5.79. The minimum atomic E-state index is -4.15. The number of hydrogen-bond acceptors (Lipinski definition) is 5. The highest BCUT2D eigenvalue weighted by molar-refractivity contribution is 7.92. The number of carbonyl (C=O) groups excluding carboxylic acids is 2. The van der Waals surface area contributed by atoms with Crippen LogP contribution < -0.4 is 14.4 Å². The van der Waals surface area contributed by atoms with Gasteiger partial charge in [0.2, 0.25) is 11.8 Å². The molecule has 0 heterocycles. The van der Waals surface area contributed by atoms with E-state index < -0.39 is 28.5 Å². The molecule has 0 aliphatic heterocycles. The number of carbonyl (C=O) groups is 2. The monoisotopic (exact) mass is 627 g/mol. The lowest BCUT2D eigenvalue weighted by Gasteiger charge is -2.34. The standard InChI is InChI=1S/C36H41N3O5S/c1-5-37-36(41)34(24-28-13-8-6-9-14-28)38(25-29-15-12-16-32(23-29)44-4)35(40)26-39(31-21-19-30(20-22-31)27(2)3)45(42,43)33-17-10-7-11-18-33/h6-23,27,34H,5,24-26H2,1-4H3,(H,37,41)/t34-/m1/s1. The van der Waals surface area contributed by atoms with Crippen LogP contribution in [0, 0.1) is 0 Å². The highest BCUT2D eigenvalue weighted by Crippen LogP contribution is 2.27. The maximum atomic E-state index is 14.5. The molecular weight excluding hydrogens is 586 g/mol.